The van der Waals surface area contributed by atoms with E-state index in [0.717, 1.165) is 48.2 Å². The van der Waals surface area contributed by atoms with Crippen molar-refractivity contribution < 1.29 is 4.79 Å². The molecule has 1 aliphatic rings. The molecule has 3 nitrogen and oxygen atoms in total. The molecule has 1 N–H and O–H groups in total. The van der Waals surface area contributed by atoms with Crippen molar-refractivity contribution >= 4 is 45.6 Å². The average Bonchev–Trinajstić information content (AvgIpc) is 2.82. The second-order valence-corrected chi connectivity index (χ2v) is 6.35. The Morgan fingerprint density at radius 3 is 2.74 bits per heavy atom. The molecule has 1 saturated heterocycles. The van der Waals surface area contributed by atoms with Crippen molar-refractivity contribution in [1.29, 1.82) is 0 Å². The highest BCUT2D eigenvalue weighted by Gasteiger charge is 2.27. The highest BCUT2D eigenvalue weighted by Crippen LogP contribution is 2.26. The standard InChI is InChI=1S/C13H19BrN2OS.ClH/c1-2-8-16(10-3-6-15-7-4-10)13(17)12-11(14)5-9-18-12;/h5,9-10,15H,2-4,6-8H2,1H3;1H. The van der Waals surface area contributed by atoms with E-state index in [4.69, 9.17) is 0 Å². The van der Waals surface area contributed by atoms with Gasteiger partial charge in [0.05, 0.1) is 0 Å². The van der Waals surface area contributed by atoms with Gasteiger partial charge in [0.15, 0.2) is 0 Å². The lowest BCUT2D eigenvalue weighted by Crippen LogP contribution is -2.46. The molecule has 1 aromatic rings. The zero-order chi connectivity index (χ0) is 13.0. The van der Waals surface area contributed by atoms with Crippen LogP contribution in [0.15, 0.2) is 15.9 Å². The number of amides is 1. The first-order valence-corrected chi connectivity index (χ1v) is 8.16. The molecule has 0 bridgehead atoms. The second-order valence-electron chi connectivity index (χ2n) is 4.58. The largest absolute Gasteiger partial charge is 0.335 e. The molecule has 1 fully saturated rings. The lowest BCUT2D eigenvalue weighted by molar-refractivity contribution is 0.0647. The first kappa shape index (κ1) is 17.0. The Kier molecular flexibility index (Phi) is 7.36. The molecule has 19 heavy (non-hydrogen) atoms. The quantitative estimate of drug-likeness (QED) is 0.883. The van der Waals surface area contributed by atoms with E-state index in [1.54, 1.807) is 0 Å². The van der Waals surface area contributed by atoms with Crippen LogP contribution in [0.5, 0.6) is 0 Å². The van der Waals surface area contributed by atoms with Crippen molar-refractivity contribution in [3.8, 4) is 0 Å². The van der Waals surface area contributed by atoms with Crippen LogP contribution >= 0.6 is 39.7 Å². The molecule has 2 rings (SSSR count). The summed E-state index contributed by atoms with van der Waals surface area (Å²) >= 11 is 4.98. The minimum absolute atomic E-state index is 0. The summed E-state index contributed by atoms with van der Waals surface area (Å²) in [5.41, 5.74) is 0. The maximum Gasteiger partial charge on any atom is 0.265 e. The van der Waals surface area contributed by atoms with Crippen LogP contribution in [-0.4, -0.2) is 36.5 Å². The highest BCUT2D eigenvalue weighted by molar-refractivity contribution is 9.10. The lowest BCUT2D eigenvalue weighted by atomic mass is 10.0. The van der Waals surface area contributed by atoms with Crippen molar-refractivity contribution in [1.82, 2.24) is 10.2 Å². The molecule has 0 unspecified atom stereocenters. The van der Waals surface area contributed by atoms with Crippen molar-refractivity contribution in [2.24, 2.45) is 0 Å². The third-order valence-electron chi connectivity index (χ3n) is 3.29. The minimum atomic E-state index is 0. The molecule has 0 aliphatic carbocycles. The van der Waals surface area contributed by atoms with Gasteiger partial charge in [-0.3, -0.25) is 4.79 Å². The summed E-state index contributed by atoms with van der Waals surface area (Å²) < 4.78 is 0.924. The first-order chi connectivity index (χ1) is 8.74. The fourth-order valence-electron chi connectivity index (χ4n) is 2.39. The maximum absolute atomic E-state index is 12.6. The molecule has 1 amide bonds. The van der Waals surface area contributed by atoms with Gasteiger partial charge >= 0.3 is 0 Å². The van der Waals surface area contributed by atoms with Crippen molar-refractivity contribution in [2.45, 2.75) is 32.2 Å². The molecule has 2 heterocycles. The Hall–Kier alpha value is -0.100. The fraction of sp³-hybridized carbons (Fsp3) is 0.615. The van der Waals surface area contributed by atoms with Crippen LogP contribution in [-0.2, 0) is 0 Å². The number of nitrogens with zero attached hydrogens (tertiary/aromatic N) is 1. The number of halogens is 2. The number of carbonyl (C=O) groups excluding carboxylic acids is 1. The molecule has 0 spiro atoms. The summed E-state index contributed by atoms with van der Waals surface area (Å²) in [6.07, 6.45) is 3.14. The van der Waals surface area contributed by atoms with E-state index in [-0.39, 0.29) is 18.3 Å². The van der Waals surface area contributed by atoms with E-state index < -0.39 is 0 Å². The second kappa shape index (κ2) is 8.25. The van der Waals surface area contributed by atoms with Crippen molar-refractivity contribution in [3.63, 3.8) is 0 Å². The summed E-state index contributed by atoms with van der Waals surface area (Å²) in [6.45, 7) is 5.02. The number of nitrogens with one attached hydrogen (secondary N) is 1. The molecule has 6 heteroatoms. The average molecular weight is 368 g/mol. The summed E-state index contributed by atoms with van der Waals surface area (Å²) in [5.74, 6) is 0.186. The number of rotatable bonds is 4. The summed E-state index contributed by atoms with van der Waals surface area (Å²) in [6, 6.07) is 2.34. The third-order valence-corrected chi connectivity index (χ3v) is 5.11. The Morgan fingerprint density at radius 2 is 2.21 bits per heavy atom. The monoisotopic (exact) mass is 366 g/mol. The van der Waals surface area contributed by atoms with Gasteiger partial charge in [0.2, 0.25) is 0 Å². The Morgan fingerprint density at radius 1 is 1.53 bits per heavy atom. The first-order valence-electron chi connectivity index (χ1n) is 6.48. The number of carbonyl (C=O) groups is 1. The Labute approximate surface area is 133 Å². The van der Waals surface area contributed by atoms with Gasteiger partial charge in [-0.15, -0.1) is 23.7 Å². The van der Waals surface area contributed by atoms with Crippen LogP contribution in [0.4, 0.5) is 0 Å². The van der Waals surface area contributed by atoms with Gasteiger partial charge in [0.25, 0.3) is 5.91 Å². The number of thiophene rings is 1. The van der Waals surface area contributed by atoms with E-state index in [1.165, 1.54) is 11.3 Å². The van der Waals surface area contributed by atoms with E-state index >= 15 is 0 Å². The smallest absolute Gasteiger partial charge is 0.265 e. The van der Waals surface area contributed by atoms with E-state index in [2.05, 4.69) is 33.1 Å². The Bertz CT molecular complexity index is 407. The van der Waals surface area contributed by atoms with Crippen LogP contribution in [0.1, 0.15) is 35.9 Å². The van der Waals surface area contributed by atoms with Gasteiger partial charge in [-0.05, 0) is 59.7 Å². The number of hydrogen-bond donors (Lipinski definition) is 1. The SMILES string of the molecule is CCCN(C(=O)c1sccc1Br)C1CCNCC1.Cl. The van der Waals surface area contributed by atoms with Crippen LogP contribution in [0.2, 0.25) is 0 Å². The van der Waals surface area contributed by atoms with Gasteiger partial charge in [-0.2, -0.15) is 0 Å². The highest BCUT2D eigenvalue weighted by atomic mass is 79.9. The third kappa shape index (κ3) is 4.18. The fourth-order valence-corrected chi connectivity index (χ4v) is 3.88. The molecule has 0 atom stereocenters. The molecular weight excluding hydrogens is 348 g/mol. The van der Waals surface area contributed by atoms with Gasteiger partial charge in [0.1, 0.15) is 4.88 Å². The predicted octanol–water partition coefficient (Wildman–Crippen LogP) is 3.54. The molecular formula is C13H20BrClN2OS. The number of piperidine rings is 1. The predicted molar refractivity (Wildman–Crippen MR) is 86.5 cm³/mol. The molecule has 1 aromatic heterocycles. The Balaban J connectivity index is 0.00000180. The van der Waals surface area contributed by atoms with E-state index in [9.17, 15) is 4.79 Å². The summed E-state index contributed by atoms with van der Waals surface area (Å²) in [5, 5.41) is 5.31. The molecule has 1 aliphatic heterocycles. The van der Waals surface area contributed by atoms with Gasteiger partial charge in [-0.25, -0.2) is 0 Å². The topological polar surface area (TPSA) is 32.3 Å². The van der Waals surface area contributed by atoms with E-state index in [0.29, 0.717) is 6.04 Å². The zero-order valence-corrected chi connectivity index (χ0v) is 14.2. The van der Waals surface area contributed by atoms with Gasteiger partial charge in [0, 0.05) is 17.1 Å². The molecule has 0 saturated carbocycles. The van der Waals surface area contributed by atoms with Crippen LogP contribution < -0.4 is 5.32 Å². The van der Waals surface area contributed by atoms with Crippen LogP contribution in [0.3, 0.4) is 0 Å². The maximum atomic E-state index is 12.6. The number of hydrogen-bond acceptors (Lipinski definition) is 3. The summed E-state index contributed by atoms with van der Waals surface area (Å²) in [4.78, 5) is 15.5. The van der Waals surface area contributed by atoms with Gasteiger partial charge in [-0.1, -0.05) is 6.92 Å². The lowest BCUT2D eigenvalue weighted by Gasteiger charge is -2.34. The zero-order valence-electron chi connectivity index (χ0n) is 11.0. The van der Waals surface area contributed by atoms with Crippen LogP contribution in [0.25, 0.3) is 0 Å². The molecule has 108 valence electrons. The molecule has 0 aromatic carbocycles. The van der Waals surface area contributed by atoms with E-state index in [1.807, 2.05) is 11.4 Å². The normalized spacial score (nSPS) is 15.9. The van der Waals surface area contributed by atoms with Crippen molar-refractivity contribution in [3.05, 3.63) is 20.8 Å². The summed E-state index contributed by atoms with van der Waals surface area (Å²) in [7, 11) is 0. The van der Waals surface area contributed by atoms with Gasteiger partial charge < -0.3 is 10.2 Å². The minimum Gasteiger partial charge on any atom is -0.335 e. The van der Waals surface area contributed by atoms with Crippen molar-refractivity contribution in [2.75, 3.05) is 19.6 Å². The molecule has 0 radical (unpaired) electrons. The van der Waals surface area contributed by atoms with Crippen LogP contribution in [0, 0.1) is 0 Å².